The molecular weight excluding hydrogens is 276 g/mol. The average molecular weight is 304 g/mol. The third-order valence-corrected chi connectivity index (χ3v) is 4.92. The normalized spacial score (nSPS) is 13.0. The number of aryl methyl sites for hydroxylation is 1. The van der Waals surface area contributed by atoms with Crippen LogP contribution in [0.1, 0.15) is 58.2 Å². The van der Waals surface area contributed by atoms with Crippen LogP contribution in [-0.4, -0.2) is 0 Å². The molecule has 0 bridgehead atoms. The molecule has 0 aliphatic heterocycles. The summed E-state index contributed by atoms with van der Waals surface area (Å²) in [6.45, 7) is 15.9. The van der Waals surface area contributed by atoms with Crippen LogP contribution in [0.5, 0.6) is 0 Å². The highest BCUT2D eigenvalue weighted by molar-refractivity contribution is 6.00. The van der Waals surface area contributed by atoms with Crippen LogP contribution in [0.3, 0.4) is 0 Å². The highest BCUT2D eigenvalue weighted by Gasteiger charge is 2.18. The van der Waals surface area contributed by atoms with Crippen LogP contribution < -0.4 is 0 Å². The smallest absolute Gasteiger partial charge is 0.0129 e. The molecule has 0 heteroatoms. The van der Waals surface area contributed by atoms with Gasteiger partial charge in [-0.15, -0.1) is 0 Å². The van der Waals surface area contributed by atoms with Gasteiger partial charge in [-0.1, -0.05) is 71.9 Å². The predicted octanol–water partition coefficient (Wildman–Crippen LogP) is 6.90. The quantitative estimate of drug-likeness (QED) is 0.396. The number of hydrogen-bond donors (Lipinski definition) is 0. The summed E-state index contributed by atoms with van der Waals surface area (Å²) in [5.41, 5.74) is 4.62. The molecule has 0 unspecified atom stereocenters. The lowest BCUT2D eigenvalue weighted by atomic mass is 9.81. The van der Waals surface area contributed by atoms with E-state index in [0.717, 1.165) is 0 Å². The van der Waals surface area contributed by atoms with Crippen molar-refractivity contribution in [3.63, 3.8) is 0 Å². The average Bonchev–Trinajstić information content (AvgIpc) is 2.43. The highest BCUT2D eigenvalue weighted by Crippen LogP contribution is 2.34. The molecule has 0 radical (unpaired) electrons. The van der Waals surface area contributed by atoms with E-state index < -0.39 is 0 Å². The first-order valence-corrected chi connectivity index (χ1v) is 8.55. The highest BCUT2D eigenvalue weighted by atomic mass is 14.2. The molecule has 3 aromatic carbocycles. The zero-order chi connectivity index (χ0) is 17.0. The lowest BCUT2D eigenvalue weighted by Crippen LogP contribution is -2.13. The number of benzene rings is 3. The molecule has 0 aliphatic rings. The van der Waals surface area contributed by atoms with E-state index in [9.17, 15) is 0 Å². The molecule has 3 aromatic rings. The fourth-order valence-corrected chi connectivity index (χ4v) is 3.50. The molecule has 3 rings (SSSR count). The van der Waals surface area contributed by atoms with Gasteiger partial charge in [0.15, 0.2) is 0 Å². The maximum absolute atomic E-state index is 2.36. The minimum absolute atomic E-state index is 0.184. The second-order valence-corrected chi connectivity index (χ2v) is 8.87. The fraction of sp³-hybridized carbons (Fsp3) is 0.391. The number of hydrogen-bond acceptors (Lipinski definition) is 0. The summed E-state index contributed by atoms with van der Waals surface area (Å²) in [4.78, 5) is 0. The predicted molar refractivity (Wildman–Crippen MR) is 104 cm³/mol. The summed E-state index contributed by atoms with van der Waals surface area (Å²) in [5, 5.41) is 5.40. The van der Waals surface area contributed by atoms with Gasteiger partial charge in [0, 0.05) is 0 Å². The van der Waals surface area contributed by atoms with E-state index in [0.29, 0.717) is 0 Å². The SMILES string of the molecule is Cc1c(C(C)(C)C)ccc2cc3cc(C(C)(C)C)ccc3cc12. The summed E-state index contributed by atoms with van der Waals surface area (Å²) < 4.78 is 0. The molecule has 0 heterocycles. The van der Waals surface area contributed by atoms with Gasteiger partial charge in [0.1, 0.15) is 0 Å². The summed E-state index contributed by atoms with van der Waals surface area (Å²) in [6.07, 6.45) is 0. The van der Waals surface area contributed by atoms with E-state index >= 15 is 0 Å². The maximum Gasteiger partial charge on any atom is -0.0129 e. The Morgan fingerprint density at radius 2 is 1.26 bits per heavy atom. The Hall–Kier alpha value is -1.82. The van der Waals surface area contributed by atoms with Crippen LogP contribution >= 0.6 is 0 Å². The first-order valence-electron chi connectivity index (χ1n) is 8.55. The minimum Gasteiger partial charge on any atom is -0.0579 e. The molecule has 23 heavy (non-hydrogen) atoms. The van der Waals surface area contributed by atoms with Gasteiger partial charge >= 0.3 is 0 Å². The van der Waals surface area contributed by atoms with Crippen molar-refractivity contribution in [2.45, 2.75) is 59.3 Å². The van der Waals surface area contributed by atoms with Gasteiger partial charge in [-0.2, -0.15) is 0 Å². The molecule has 0 atom stereocenters. The molecule has 0 N–H and O–H groups in total. The van der Waals surface area contributed by atoms with Crippen LogP contribution in [0.15, 0.2) is 42.5 Å². The van der Waals surface area contributed by atoms with E-state index in [1.807, 2.05) is 0 Å². The van der Waals surface area contributed by atoms with Crippen molar-refractivity contribution in [3.8, 4) is 0 Å². The number of rotatable bonds is 0. The van der Waals surface area contributed by atoms with Gasteiger partial charge in [-0.3, -0.25) is 0 Å². The van der Waals surface area contributed by atoms with Crippen LogP contribution in [0, 0.1) is 6.92 Å². The monoisotopic (exact) mass is 304 g/mol. The van der Waals surface area contributed by atoms with E-state index in [1.165, 1.54) is 38.2 Å². The molecule has 0 saturated heterocycles. The van der Waals surface area contributed by atoms with Crippen molar-refractivity contribution in [3.05, 3.63) is 59.2 Å². The van der Waals surface area contributed by atoms with Gasteiger partial charge in [0.2, 0.25) is 0 Å². The first-order chi connectivity index (χ1) is 10.6. The van der Waals surface area contributed by atoms with Crippen LogP contribution in [0.25, 0.3) is 21.5 Å². The Morgan fingerprint density at radius 1 is 0.609 bits per heavy atom. The zero-order valence-corrected chi connectivity index (χ0v) is 15.5. The van der Waals surface area contributed by atoms with Crippen molar-refractivity contribution in [2.75, 3.05) is 0 Å². The molecule has 0 amide bonds. The van der Waals surface area contributed by atoms with Crippen LogP contribution in [0.4, 0.5) is 0 Å². The number of fused-ring (bicyclic) bond motifs is 2. The van der Waals surface area contributed by atoms with Crippen molar-refractivity contribution >= 4 is 21.5 Å². The van der Waals surface area contributed by atoms with Gasteiger partial charge < -0.3 is 0 Å². The molecule has 0 saturated carbocycles. The first kappa shape index (κ1) is 16.1. The van der Waals surface area contributed by atoms with Crippen molar-refractivity contribution < 1.29 is 0 Å². The van der Waals surface area contributed by atoms with Gasteiger partial charge in [0.05, 0.1) is 0 Å². The van der Waals surface area contributed by atoms with E-state index in [-0.39, 0.29) is 10.8 Å². The molecule has 0 nitrogen and oxygen atoms in total. The maximum atomic E-state index is 2.36. The van der Waals surface area contributed by atoms with Crippen molar-refractivity contribution in [1.29, 1.82) is 0 Å². The fourth-order valence-electron chi connectivity index (χ4n) is 3.50. The van der Waals surface area contributed by atoms with Gasteiger partial charge in [-0.25, -0.2) is 0 Å². The largest absolute Gasteiger partial charge is 0.0579 e. The van der Waals surface area contributed by atoms with E-state index in [4.69, 9.17) is 0 Å². The Balaban J connectivity index is 2.29. The second kappa shape index (κ2) is 5.09. The summed E-state index contributed by atoms with van der Waals surface area (Å²) in [6, 6.07) is 16.2. The van der Waals surface area contributed by atoms with Crippen molar-refractivity contribution in [1.82, 2.24) is 0 Å². The van der Waals surface area contributed by atoms with Crippen LogP contribution in [0.2, 0.25) is 0 Å². The molecule has 0 aromatic heterocycles. The Bertz CT molecular complexity index is 884. The van der Waals surface area contributed by atoms with Crippen LogP contribution in [-0.2, 0) is 10.8 Å². The third kappa shape index (κ3) is 2.87. The standard InChI is InChI=1S/C23H28/c1-15-20-14-16-8-10-19(22(2,3)4)13-18(16)12-17(20)9-11-21(15)23(5,6)7/h8-14H,1-7H3. The zero-order valence-electron chi connectivity index (χ0n) is 15.5. The molecule has 0 aliphatic carbocycles. The molecular formula is C23H28. The summed E-state index contributed by atoms with van der Waals surface area (Å²) in [5.74, 6) is 0. The lowest BCUT2D eigenvalue weighted by molar-refractivity contribution is 0.587. The van der Waals surface area contributed by atoms with Crippen molar-refractivity contribution in [2.24, 2.45) is 0 Å². The molecule has 0 fully saturated rings. The third-order valence-electron chi connectivity index (χ3n) is 4.92. The Kier molecular flexibility index (Phi) is 3.55. The summed E-state index contributed by atoms with van der Waals surface area (Å²) >= 11 is 0. The second-order valence-electron chi connectivity index (χ2n) is 8.87. The topological polar surface area (TPSA) is 0 Å². The van der Waals surface area contributed by atoms with Gasteiger partial charge in [0.25, 0.3) is 0 Å². The van der Waals surface area contributed by atoms with E-state index in [1.54, 1.807) is 0 Å². The van der Waals surface area contributed by atoms with Gasteiger partial charge in [-0.05, 0) is 68.1 Å². The molecule has 120 valence electrons. The Morgan fingerprint density at radius 3 is 1.87 bits per heavy atom. The minimum atomic E-state index is 0.184. The summed E-state index contributed by atoms with van der Waals surface area (Å²) in [7, 11) is 0. The molecule has 0 spiro atoms. The van der Waals surface area contributed by atoms with E-state index in [2.05, 4.69) is 90.9 Å². The Labute approximate surface area is 140 Å². The lowest BCUT2D eigenvalue weighted by Gasteiger charge is -2.23.